The number of methoxy groups -OCH3 is 1. The summed E-state index contributed by atoms with van der Waals surface area (Å²) in [6.07, 6.45) is 1.55. The smallest absolute Gasteiger partial charge is 0.271 e. The fourth-order valence-electron chi connectivity index (χ4n) is 3.05. The molecule has 2 aromatic carbocycles. The molecule has 0 spiro atoms. The lowest BCUT2D eigenvalue weighted by atomic mass is 10.2. The highest BCUT2D eigenvalue weighted by atomic mass is 16.6. The predicted octanol–water partition coefficient (Wildman–Crippen LogP) is 3.77. The Balaban J connectivity index is 1.80. The van der Waals surface area contributed by atoms with Crippen molar-refractivity contribution >= 4 is 17.8 Å². The summed E-state index contributed by atoms with van der Waals surface area (Å²) in [4.78, 5) is 22.9. The number of ether oxygens (including phenoxy) is 1. The van der Waals surface area contributed by atoms with Crippen molar-refractivity contribution in [2.24, 2.45) is 5.10 Å². The van der Waals surface area contributed by atoms with Crippen LogP contribution in [0.5, 0.6) is 5.75 Å². The van der Waals surface area contributed by atoms with Gasteiger partial charge in [-0.15, -0.1) is 0 Å². The number of nitrogens with zero attached hydrogens (tertiary/aromatic N) is 3. The molecule has 1 N–H and O–H groups in total. The van der Waals surface area contributed by atoms with Crippen LogP contribution >= 0.6 is 0 Å². The van der Waals surface area contributed by atoms with Crippen LogP contribution in [0.2, 0.25) is 0 Å². The van der Waals surface area contributed by atoms with Gasteiger partial charge in [0.25, 0.3) is 11.6 Å². The summed E-state index contributed by atoms with van der Waals surface area (Å²) in [5, 5.41) is 15.1. The lowest BCUT2D eigenvalue weighted by Crippen LogP contribution is -2.17. The molecule has 0 saturated heterocycles. The zero-order valence-electron chi connectivity index (χ0n) is 16.2. The van der Waals surface area contributed by atoms with Crippen molar-refractivity contribution in [2.45, 2.75) is 13.8 Å². The van der Waals surface area contributed by atoms with Crippen LogP contribution in [0, 0.1) is 24.0 Å². The molecule has 0 bridgehead atoms. The summed E-state index contributed by atoms with van der Waals surface area (Å²) in [6.45, 7) is 3.79. The monoisotopic (exact) mass is 392 g/mol. The van der Waals surface area contributed by atoms with Crippen molar-refractivity contribution in [3.8, 4) is 11.4 Å². The maximum atomic E-state index is 12.2. The molecule has 1 amide bonds. The van der Waals surface area contributed by atoms with Crippen molar-refractivity contribution in [2.75, 3.05) is 7.11 Å². The highest BCUT2D eigenvalue weighted by molar-refractivity contribution is 5.95. The first-order chi connectivity index (χ1) is 13.9. The van der Waals surface area contributed by atoms with Gasteiger partial charge in [-0.3, -0.25) is 14.9 Å². The lowest BCUT2D eigenvalue weighted by molar-refractivity contribution is -0.384. The van der Waals surface area contributed by atoms with E-state index in [4.69, 9.17) is 4.74 Å². The quantitative estimate of drug-likeness (QED) is 0.392. The summed E-state index contributed by atoms with van der Waals surface area (Å²) in [6, 6.07) is 15.1. The standard InChI is InChI=1S/C21H20N4O4/c1-14-10-17(13-22-23-21(26)16-6-4-9-20(11-16)29-3)15(2)24(14)18-7-5-8-19(12-18)25(27)28/h4-13H,1-3H3,(H,23,26). The number of non-ortho nitro benzene ring substituents is 1. The van der Waals surface area contributed by atoms with Gasteiger partial charge in [-0.05, 0) is 44.2 Å². The Morgan fingerprint density at radius 1 is 1.17 bits per heavy atom. The molecule has 29 heavy (non-hydrogen) atoms. The molecule has 0 aliphatic rings. The van der Waals surface area contributed by atoms with Crippen LogP contribution in [-0.4, -0.2) is 28.7 Å². The van der Waals surface area contributed by atoms with Gasteiger partial charge >= 0.3 is 0 Å². The number of benzene rings is 2. The highest BCUT2D eigenvalue weighted by Crippen LogP contribution is 2.23. The number of amides is 1. The Morgan fingerprint density at radius 2 is 1.93 bits per heavy atom. The number of carbonyl (C=O) groups excluding carboxylic acids is 1. The number of nitro benzene ring substituents is 1. The molecular formula is C21H20N4O4. The number of hydrogen-bond donors (Lipinski definition) is 1. The van der Waals surface area contributed by atoms with Crippen molar-refractivity contribution in [1.82, 2.24) is 9.99 Å². The van der Waals surface area contributed by atoms with E-state index in [0.29, 0.717) is 17.0 Å². The fraction of sp³-hybridized carbons (Fsp3) is 0.143. The normalized spacial score (nSPS) is 10.9. The average molecular weight is 392 g/mol. The van der Waals surface area contributed by atoms with Crippen molar-refractivity contribution < 1.29 is 14.5 Å². The van der Waals surface area contributed by atoms with Gasteiger partial charge in [0, 0.05) is 34.6 Å². The maximum Gasteiger partial charge on any atom is 0.271 e. The minimum absolute atomic E-state index is 0.0239. The minimum Gasteiger partial charge on any atom is -0.497 e. The van der Waals surface area contributed by atoms with Crippen molar-refractivity contribution in [1.29, 1.82) is 0 Å². The number of rotatable bonds is 6. The van der Waals surface area contributed by atoms with E-state index in [1.54, 1.807) is 42.6 Å². The van der Waals surface area contributed by atoms with Crippen LogP contribution in [0.3, 0.4) is 0 Å². The highest BCUT2D eigenvalue weighted by Gasteiger charge is 2.13. The Morgan fingerprint density at radius 3 is 2.66 bits per heavy atom. The van der Waals surface area contributed by atoms with E-state index in [9.17, 15) is 14.9 Å². The minimum atomic E-state index is -0.422. The third kappa shape index (κ3) is 4.32. The molecule has 0 aliphatic carbocycles. The van der Waals surface area contributed by atoms with Gasteiger partial charge in [-0.1, -0.05) is 12.1 Å². The molecule has 8 nitrogen and oxygen atoms in total. The number of carbonyl (C=O) groups is 1. The van der Waals surface area contributed by atoms with Crippen LogP contribution in [0.4, 0.5) is 5.69 Å². The number of aryl methyl sites for hydroxylation is 1. The molecule has 3 aromatic rings. The Hall–Kier alpha value is -3.94. The zero-order valence-corrected chi connectivity index (χ0v) is 16.2. The van der Waals surface area contributed by atoms with E-state index in [2.05, 4.69) is 10.5 Å². The van der Waals surface area contributed by atoms with Gasteiger partial charge in [0.15, 0.2) is 0 Å². The second-order valence-corrected chi connectivity index (χ2v) is 6.37. The van der Waals surface area contributed by atoms with E-state index in [-0.39, 0.29) is 11.6 Å². The summed E-state index contributed by atoms with van der Waals surface area (Å²) < 4.78 is 7.01. The number of aromatic nitrogens is 1. The van der Waals surface area contributed by atoms with Gasteiger partial charge in [0.1, 0.15) is 5.75 Å². The number of nitrogens with one attached hydrogen (secondary N) is 1. The van der Waals surface area contributed by atoms with Gasteiger partial charge in [-0.2, -0.15) is 5.10 Å². The van der Waals surface area contributed by atoms with E-state index in [0.717, 1.165) is 17.0 Å². The number of hydrazone groups is 1. The van der Waals surface area contributed by atoms with Crippen LogP contribution in [-0.2, 0) is 0 Å². The first kappa shape index (κ1) is 19.8. The Bertz CT molecular complexity index is 1100. The van der Waals surface area contributed by atoms with Gasteiger partial charge < -0.3 is 9.30 Å². The maximum absolute atomic E-state index is 12.2. The van der Waals surface area contributed by atoms with Crippen LogP contribution in [0.1, 0.15) is 27.3 Å². The molecule has 0 fully saturated rings. The molecule has 0 unspecified atom stereocenters. The molecule has 148 valence electrons. The first-order valence-electron chi connectivity index (χ1n) is 8.82. The number of nitro groups is 1. The van der Waals surface area contributed by atoms with E-state index < -0.39 is 4.92 Å². The summed E-state index contributed by atoms with van der Waals surface area (Å²) in [7, 11) is 1.53. The van der Waals surface area contributed by atoms with E-state index in [1.165, 1.54) is 19.2 Å². The van der Waals surface area contributed by atoms with E-state index in [1.807, 2.05) is 24.5 Å². The third-order valence-electron chi connectivity index (χ3n) is 4.47. The topological polar surface area (TPSA) is 98.8 Å². The second kappa shape index (κ2) is 8.39. The molecule has 0 radical (unpaired) electrons. The SMILES string of the molecule is COc1cccc(C(=O)NN=Cc2cc(C)n(-c3cccc([N+](=O)[O-])c3)c2C)c1. The predicted molar refractivity (Wildman–Crippen MR) is 110 cm³/mol. The molecule has 0 atom stereocenters. The van der Waals surface area contributed by atoms with Gasteiger partial charge in [0.05, 0.1) is 23.9 Å². The number of hydrogen-bond acceptors (Lipinski definition) is 5. The lowest BCUT2D eigenvalue weighted by Gasteiger charge is -2.09. The summed E-state index contributed by atoms with van der Waals surface area (Å²) >= 11 is 0. The average Bonchev–Trinajstić information content (AvgIpc) is 3.01. The first-order valence-corrected chi connectivity index (χ1v) is 8.82. The van der Waals surface area contributed by atoms with Crippen molar-refractivity contribution in [3.05, 3.63) is 87.2 Å². The molecular weight excluding hydrogens is 372 g/mol. The summed E-state index contributed by atoms with van der Waals surface area (Å²) in [5.74, 6) is 0.231. The van der Waals surface area contributed by atoms with Crippen LogP contribution < -0.4 is 10.2 Å². The Labute approximate surface area is 167 Å². The van der Waals surface area contributed by atoms with Crippen LogP contribution in [0.15, 0.2) is 59.7 Å². The molecule has 3 rings (SSSR count). The zero-order chi connectivity index (χ0) is 21.0. The summed E-state index contributed by atoms with van der Waals surface area (Å²) in [5.41, 5.74) is 6.17. The van der Waals surface area contributed by atoms with E-state index >= 15 is 0 Å². The molecule has 0 saturated carbocycles. The molecule has 0 aliphatic heterocycles. The third-order valence-corrected chi connectivity index (χ3v) is 4.47. The van der Waals surface area contributed by atoms with Gasteiger partial charge in [0.2, 0.25) is 0 Å². The molecule has 8 heteroatoms. The van der Waals surface area contributed by atoms with Crippen molar-refractivity contribution in [3.63, 3.8) is 0 Å². The molecule has 1 heterocycles. The fourth-order valence-corrected chi connectivity index (χ4v) is 3.05. The molecule has 1 aromatic heterocycles. The second-order valence-electron chi connectivity index (χ2n) is 6.37. The van der Waals surface area contributed by atoms with Crippen LogP contribution in [0.25, 0.3) is 5.69 Å². The van der Waals surface area contributed by atoms with Gasteiger partial charge in [-0.25, -0.2) is 5.43 Å². The largest absolute Gasteiger partial charge is 0.497 e. The Kier molecular flexibility index (Phi) is 5.73.